The zero-order valence-electron chi connectivity index (χ0n) is 16.7. The molecule has 1 saturated heterocycles. The highest BCUT2D eigenvalue weighted by molar-refractivity contribution is 7.89. The Bertz CT molecular complexity index is 734. The molecule has 1 aromatic rings. The lowest BCUT2D eigenvalue weighted by molar-refractivity contribution is -0.140. The number of amides is 1. The van der Waals surface area contributed by atoms with Crippen LogP contribution in [-0.2, 0) is 14.8 Å². The molecule has 152 valence electrons. The minimum absolute atomic E-state index is 0.0647. The van der Waals surface area contributed by atoms with Crippen molar-refractivity contribution in [1.29, 1.82) is 0 Å². The summed E-state index contributed by atoms with van der Waals surface area (Å²) in [5, 5.41) is 0. The first-order valence-corrected chi connectivity index (χ1v) is 10.8. The summed E-state index contributed by atoms with van der Waals surface area (Å²) in [6.07, 6.45) is 0. The van der Waals surface area contributed by atoms with Crippen molar-refractivity contribution in [1.82, 2.24) is 14.1 Å². The molecule has 1 atom stereocenters. The van der Waals surface area contributed by atoms with Gasteiger partial charge >= 0.3 is 0 Å². The van der Waals surface area contributed by atoms with Crippen LogP contribution >= 0.6 is 0 Å². The van der Waals surface area contributed by atoms with E-state index in [1.165, 1.54) is 16.4 Å². The first-order valence-electron chi connectivity index (χ1n) is 9.37. The number of hydrogen-bond acceptors (Lipinski definition) is 4. The third kappa shape index (κ3) is 4.86. The normalized spacial score (nSPS) is 18.1. The summed E-state index contributed by atoms with van der Waals surface area (Å²) in [7, 11) is -3.65. The van der Waals surface area contributed by atoms with Gasteiger partial charge in [-0.15, -0.1) is 0 Å². The van der Waals surface area contributed by atoms with Gasteiger partial charge in [0.1, 0.15) is 5.82 Å². The fraction of sp³-hybridized carbons (Fsp3) is 0.632. The van der Waals surface area contributed by atoms with Gasteiger partial charge in [-0.3, -0.25) is 9.69 Å². The van der Waals surface area contributed by atoms with Gasteiger partial charge in [0.05, 0.1) is 10.9 Å². The molecule has 0 unspecified atom stereocenters. The van der Waals surface area contributed by atoms with Crippen molar-refractivity contribution in [3.8, 4) is 0 Å². The average Bonchev–Trinajstić information content (AvgIpc) is 2.61. The van der Waals surface area contributed by atoms with Crippen LogP contribution in [0.1, 0.15) is 34.6 Å². The number of carbonyl (C=O) groups is 1. The molecule has 8 heteroatoms. The van der Waals surface area contributed by atoms with Gasteiger partial charge in [-0.25, -0.2) is 12.8 Å². The first-order chi connectivity index (χ1) is 12.6. The summed E-state index contributed by atoms with van der Waals surface area (Å²) < 4.78 is 39.9. The third-order valence-electron chi connectivity index (χ3n) is 5.00. The van der Waals surface area contributed by atoms with Crippen LogP contribution in [0.3, 0.4) is 0 Å². The Morgan fingerprint density at radius 1 is 0.963 bits per heavy atom. The van der Waals surface area contributed by atoms with E-state index in [4.69, 9.17) is 0 Å². The Balaban J connectivity index is 2.04. The van der Waals surface area contributed by atoms with Crippen LogP contribution in [0.25, 0.3) is 0 Å². The molecule has 0 radical (unpaired) electrons. The second-order valence-corrected chi connectivity index (χ2v) is 9.44. The van der Waals surface area contributed by atoms with Crippen molar-refractivity contribution in [2.75, 3.05) is 26.2 Å². The predicted molar refractivity (Wildman–Crippen MR) is 103 cm³/mol. The molecule has 0 aliphatic carbocycles. The molecule has 0 bridgehead atoms. The van der Waals surface area contributed by atoms with Crippen LogP contribution in [0.15, 0.2) is 29.2 Å². The second kappa shape index (κ2) is 8.67. The van der Waals surface area contributed by atoms with Crippen molar-refractivity contribution in [2.24, 2.45) is 0 Å². The standard InChI is InChI=1S/C19H30FN3O3S/c1-14(2)23(15(3)4)19(24)16(5)21-10-12-22(13-11-21)27(25,26)18-8-6-17(20)7-9-18/h6-9,14-16H,10-13H2,1-5H3/t16-/m0/s1. The molecule has 27 heavy (non-hydrogen) atoms. The number of nitrogens with zero attached hydrogens (tertiary/aromatic N) is 3. The highest BCUT2D eigenvalue weighted by Gasteiger charge is 2.34. The van der Waals surface area contributed by atoms with Crippen LogP contribution in [-0.4, -0.2) is 72.7 Å². The second-order valence-electron chi connectivity index (χ2n) is 7.50. The van der Waals surface area contributed by atoms with E-state index in [0.717, 1.165) is 12.1 Å². The Morgan fingerprint density at radius 3 is 1.89 bits per heavy atom. The van der Waals surface area contributed by atoms with Gasteiger partial charge in [0.15, 0.2) is 0 Å². The number of piperazine rings is 1. The van der Waals surface area contributed by atoms with Crippen molar-refractivity contribution in [2.45, 2.75) is 57.6 Å². The van der Waals surface area contributed by atoms with Gasteiger partial charge in [0.25, 0.3) is 0 Å². The van der Waals surface area contributed by atoms with Crippen molar-refractivity contribution >= 4 is 15.9 Å². The smallest absolute Gasteiger partial charge is 0.243 e. The molecule has 1 heterocycles. The molecule has 1 fully saturated rings. The number of carbonyl (C=O) groups excluding carboxylic acids is 1. The Hall–Kier alpha value is -1.51. The molecule has 1 aromatic carbocycles. The summed E-state index contributed by atoms with van der Waals surface area (Å²) in [4.78, 5) is 16.9. The van der Waals surface area contributed by atoms with Crippen molar-refractivity contribution in [3.63, 3.8) is 0 Å². The first kappa shape index (κ1) is 21.8. The van der Waals surface area contributed by atoms with Gasteiger partial charge in [-0.2, -0.15) is 4.31 Å². The lowest BCUT2D eigenvalue weighted by Gasteiger charge is -2.40. The lowest BCUT2D eigenvalue weighted by Crippen LogP contribution is -2.57. The molecular formula is C19H30FN3O3S. The van der Waals surface area contributed by atoms with Gasteiger partial charge < -0.3 is 4.90 Å². The maximum Gasteiger partial charge on any atom is 0.243 e. The number of benzene rings is 1. The number of halogens is 1. The van der Waals surface area contributed by atoms with Crippen molar-refractivity contribution < 1.29 is 17.6 Å². The van der Waals surface area contributed by atoms with Crippen LogP contribution in [0, 0.1) is 5.82 Å². The average molecular weight is 400 g/mol. The summed E-state index contributed by atoms with van der Waals surface area (Å²) in [6.45, 7) is 11.5. The topological polar surface area (TPSA) is 60.9 Å². The fourth-order valence-electron chi connectivity index (χ4n) is 3.56. The molecule has 0 aromatic heterocycles. The number of sulfonamides is 1. The van der Waals surface area contributed by atoms with Gasteiger partial charge in [-0.05, 0) is 58.9 Å². The van der Waals surface area contributed by atoms with E-state index in [-0.39, 0.29) is 28.9 Å². The Kier molecular flexibility index (Phi) is 6.99. The Morgan fingerprint density at radius 2 is 1.44 bits per heavy atom. The summed E-state index contributed by atoms with van der Waals surface area (Å²) in [5.74, 6) is -0.402. The molecule has 1 amide bonds. The predicted octanol–water partition coefficient (Wildman–Crippen LogP) is 2.17. The molecule has 0 saturated carbocycles. The summed E-state index contributed by atoms with van der Waals surface area (Å²) in [5.41, 5.74) is 0. The molecule has 6 nitrogen and oxygen atoms in total. The molecule has 1 aliphatic heterocycles. The molecular weight excluding hydrogens is 369 g/mol. The summed E-state index contributed by atoms with van der Waals surface area (Å²) >= 11 is 0. The molecule has 0 N–H and O–H groups in total. The molecule has 2 rings (SSSR count). The zero-order chi connectivity index (χ0) is 20.4. The van der Waals surface area contributed by atoms with Crippen molar-refractivity contribution in [3.05, 3.63) is 30.1 Å². The fourth-order valence-corrected chi connectivity index (χ4v) is 4.99. The van der Waals surface area contributed by atoms with Gasteiger partial charge in [0.2, 0.25) is 15.9 Å². The monoisotopic (exact) mass is 399 g/mol. The van der Waals surface area contributed by atoms with E-state index in [9.17, 15) is 17.6 Å². The van der Waals surface area contributed by atoms with E-state index in [1.807, 2.05) is 44.4 Å². The lowest BCUT2D eigenvalue weighted by atomic mass is 10.1. The molecule has 1 aliphatic rings. The van der Waals surface area contributed by atoms with Crippen LogP contribution in [0.2, 0.25) is 0 Å². The quantitative estimate of drug-likeness (QED) is 0.736. The van der Waals surface area contributed by atoms with Gasteiger partial charge in [0, 0.05) is 38.3 Å². The molecule has 0 spiro atoms. The largest absolute Gasteiger partial charge is 0.336 e. The minimum Gasteiger partial charge on any atom is -0.336 e. The van der Waals surface area contributed by atoms with E-state index in [0.29, 0.717) is 26.2 Å². The maximum atomic E-state index is 13.1. The minimum atomic E-state index is -3.65. The van der Waals surface area contributed by atoms with E-state index in [2.05, 4.69) is 0 Å². The van der Waals surface area contributed by atoms with E-state index in [1.54, 1.807) is 0 Å². The number of hydrogen-bond donors (Lipinski definition) is 0. The summed E-state index contributed by atoms with van der Waals surface area (Å²) in [6, 6.07) is 4.79. The highest BCUT2D eigenvalue weighted by Crippen LogP contribution is 2.20. The number of rotatable bonds is 6. The van der Waals surface area contributed by atoms with Crippen LogP contribution in [0.5, 0.6) is 0 Å². The van der Waals surface area contributed by atoms with Crippen LogP contribution in [0.4, 0.5) is 4.39 Å². The van der Waals surface area contributed by atoms with Gasteiger partial charge in [-0.1, -0.05) is 0 Å². The zero-order valence-corrected chi connectivity index (χ0v) is 17.5. The Labute approximate surface area is 162 Å². The third-order valence-corrected chi connectivity index (χ3v) is 6.91. The maximum absolute atomic E-state index is 13.1. The van der Waals surface area contributed by atoms with E-state index < -0.39 is 15.8 Å². The SMILES string of the molecule is CC(C)N(C(=O)[C@H](C)N1CCN(S(=O)(=O)c2ccc(F)cc2)CC1)C(C)C. The van der Waals surface area contributed by atoms with Crippen LogP contribution < -0.4 is 0 Å². The highest BCUT2D eigenvalue weighted by atomic mass is 32.2. The van der Waals surface area contributed by atoms with E-state index >= 15 is 0 Å².